The van der Waals surface area contributed by atoms with E-state index in [0.29, 0.717) is 6.61 Å². The Kier molecular flexibility index (Phi) is 5.45. The van der Waals surface area contributed by atoms with Crippen molar-refractivity contribution in [1.82, 2.24) is 4.98 Å². The molecule has 0 atom stereocenters. The number of aromatic nitrogens is 1. The molecule has 1 aromatic carbocycles. The van der Waals surface area contributed by atoms with Gasteiger partial charge in [-0.15, -0.1) is 0 Å². The molecule has 0 amide bonds. The number of pyridine rings is 1. The second kappa shape index (κ2) is 7.32. The molecule has 1 N–H and O–H groups in total. The molecule has 1 heterocycles. The molecule has 0 saturated heterocycles. The summed E-state index contributed by atoms with van der Waals surface area (Å²) in [4.78, 5) is 4.37. The summed E-state index contributed by atoms with van der Waals surface area (Å²) in [6.45, 7) is 7.54. The lowest BCUT2D eigenvalue weighted by Gasteiger charge is -2.10. The van der Waals surface area contributed by atoms with Crippen LogP contribution in [-0.4, -0.2) is 11.5 Å². The van der Waals surface area contributed by atoms with Gasteiger partial charge >= 0.3 is 0 Å². The standard InChI is InChI=1S/C17H21ClN2O/c1-4-7-19-16-6-5-14(10-20-16)11-21-15-8-12(2)17(18)13(3)9-15/h5-6,8-10H,4,7,11H2,1-3H3,(H,19,20). The quantitative estimate of drug-likeness (QED) is 0.836. The molecule has 0 saturated carbocycles. The number of nitrogens with one attached hydrogen (secondary N) is 1. The number of benzene rings is 1. The van der Waals surface area contributed by atoms with Crippen LogP contribution in [-0.2, 0) is 6.61 Å². The van der Waals surface area contributed by atoms with Crippen molar-refractivity contribution in [2.24, 2.45) is 0 Å². The number of anilines is 1. The average molecular weight is 305 g/mol. The molecule has 0 aliphatic heterocycles. The van der Waals surface area contributed by atoms with Crippen molar-refractivity contribution in [2.45, 2.75) is 33.8 Å². The van der Waals surface area contributed by atoms with Crippen molar-refractivity contribution in [2.75, 3.05) is 11.9 Å². The van der Waals surface area contributed by atoms with Gasteiger partial charge in [0.25, 0.3) is 0 Å². The molecule has 0 radical (unpaired) electrons. The highest BCUT2D eigenvalue weighted by Gasteiger charge is 2.04. The van der Waals surface area contributed by atoms with E-state index in [1.54, 1.807) is 0 Å². The second-order valence-electron chi connectivity index (χ2n) is 5.14. The summed E-state index contributed by atoms with van der Waals surface area (Å²) in [5.74, 6) is 1.74. The van der Waals surface area contributed by atoms with Crippen LogP contribution in [0.2, 0.25) is 5.02 Å². The number of halogens is 1. The van der Waals surface area contributed by atoms with Crippen LogP contribution in [0.4, 0.5) is 5.82 Å². The molecule has 0 aliphatic rings. The maximum Gasteiger partial charge on any atom is 0.125 e. The van der Waals surface area contributed by atoms with Crippen molar-refractivity contribution in [3.8, 4) is 5.75 Å². The number of rotatable bonds is 6. The van der Waals surface area contributed by atoms with Crippen LogP contribution in [0.1, 0.15) is 30.0 Å². The predicted molar refractivity (Wildman–Crippen MR) is 88.3 cm³/mol. The summed E-state index contributed by atoms with van der Waals surface area (Å²) < 4.78 is 5.81. The Hall–Kier alpha value is -1.74. The molecule has 0 spiro atoms. The van der Waals surface area contributed by atoms with Gasteiger partial charge in [-0.25, -0.2) is 4.98 Å². The van der Waals surface area contributed by atoms with Gasteiger partial charge in [0, 0.05) is 23.3 Å². The van der Waals surface area contributed by atoms with Crippen LogP contribution in [0.5, 0.6) is 5.75 Å². The van der Waals surface area contributed by atoms with E-state index >= 15 is 0 Å². The lowest BCUT2D eigenvalue weighted by molar-refractivity contribution is 0.305. The molecule has 0 bridgehead atoms. The molecule has 21 heavy (non-hydrogen) atoms. The Bertz CT molecular complexity index is 573. The van der Waals surface area contributed by atoms with Gasteiger partial charge in [-0.05, 0) is 49.6 Å². The first-order valence-corrected chi connectivity index (χ1v) is 7.56. The van der Waals surface area contributed by atoms with E-state index in [9.17, 15) is 0 Å². The number of aryl methyl sites for hydroxylation is 2. The molecular weight excluding hydrogens is 284 g/mol. The smallest absolute Gasteiger partial charge is 0.125 e. The van der Waals surface area contributed by atoms with Crippen LogP contribution in [0.15, 0.2) is 30.5 Å². The van der Waals surface area contributed by atoms with Crippen molar-refractivity contribution in [3.05, 3.63) is 52.2 Å². The van der Waals surface area contributed by atoms with Gasteiger partial charge in [0.05, 0.1) is 0 Å². The lowest BCUT2D eigenvalue weighted by atomic mass is 10.1. The van der Waals surface area contributed by atoms with Crippen molar-refractivity contribution in [1.29, 1.82) is 0 Å². The summed E-state index contributed by atoms with van der Waals surface area (Å²) >= 11 is 6.15. The van der Waals surface area contributed by atoms with E-state index in [-0.39, 0.29) is 0 Å². The van der Waals surface area contributed by atoms with Gasteiger partial charge < -0.3 is 10.1 Å². The Morgan fingerprint density at radius 3 is 2.48 bits per heavy atom. The third-order valence-corrected chi connectivity index (χ3v) is 3.79. The summed E-state index contributed by atoms with van der Waals surface area (Å²) in [6.07, 6.45) is 2.93. The largest absolute Gasteiger partial charge is 0.489 e. The molecule has 2 aromatic rings. The fourth-order valence-corrected chi connectivity index (χ4v) is 2.13. The van der Waals surface area contributed by atoms with Gasteiger partial charge in [-0.2, -0.15) is 0 Å². The molecule has 3 nitrogen and oxygen atoms in total. The van der Waals surface area contributed by atoms with Crippen molar-refractivity contribution in [3.63, 3.8) is 0 Å². The second-order valence-corrected chi connectivity index (χ2v) is 5.52. The summed E-state index contributed by atoms with van der Waals surface area (Å²) in [6, 6.07) is 7.92. The van der Waals surface area contributed by atoms with E-state index in [0.717, 1.165) is 46.2 Å². The monoisotopic (exact) mass is 304 g/mol. The van der Waals surface area contributed by atoms with Crippen molar-refractivity contribution < 1.29 is 4.74 Å². The summed E-state index contributed by atoms with van der Waals surface area (Å²) in [5, 5.41) is 4.05. The molecule has 0 aliphatic carbocycles. The predicted octanol–water partition coefficient (Wildman–Crippen LogP) is 4.75. The number of hydrogen-bond donors (Lipinski definition) is 1. The van der Waals surface area contributed by atoms with Gasteiger partial charge in [-0.1, -0.05) is 24.6 Å². The van der Waals surface area contributed by atoms with Crippen LogP contribution in [0.25, 0.3) is 0 Å². The van der Waals surface area contributed by atoms with Gasteiger partial charge in [-0.3, -0.25) is 0 Å². The van der Waals surface area contributed by atoms with E-state index in [2.05, 4.69) is 17.2 Å². The van der Waals surface area contributed by atoms with E-state index in [1.807, 2.05) is 44.3 Å². The van der Waals surface area contributed by atoms with Crippen LogP contribution in [0, 0.1) is 13.8 Å². The highest BCUT2D eigenvalue weighted by Crippen LogP contribution is 2.26. The third kappa shape index (κ3) is 4.36. The van der Waals surface area contributed by atoms with E-state index < -0.39 is 0 Å². The normalized spacial score (nSPS) is 10.5. The van der Waals surface area contributed by atoms with Gasteiger partial charge in [0.15, 0.2) is 0 Å². The Labute approximate surface area is 131 Å². The first kappa shape index (κ1) is 15.6. The van der Waals surface area contributed by atoms with Crippen LogP contribution < -0.4 is 10.1 Å². The summed E-state index contributed by atoms with van der Waals surface area (Å²) in [7, 11) is 0. The maximum atomic E-state index is 6.15. The minimum Gasteiger partial charge on any atom is -0.489 e. The maximum absolute atomic E-state index is 6.15. The average Bonchev–Trinajstić information content (AvgIpc) is 2.49. The zero-order valence-electron chi connectivity index (χ0n) is 12.7. The molecule has 2 rings (SSSR count). The number of ether oxygens (including phenoxy) is 1. The van der Waals surface area contributed by atoms with E-state index in [1.165, 1.54) is 0 Å². The molecule has 0 fully saturated rings. The van der Waals surface area contributed by atoms with Gasteiger partial charge in [0.2, 0.25) is 0 Å². The summed E-state index contributed by atoms with van der Waals surface area (Å²) in [5.41, 5.74) is 3.11. The number of nitrogens with zero attached hydrogens (tertiary/aromatic N) is 1. The highest BCUT2D eigenvalue weighted by atomic mass is 35.5. The molecular formula is C17H21ClN2O. The fraction of sp³-hybridized carbons (Fsp3) is 0.353. The topological polar surface area (TPSA) is 34.1 Å². The van der Waals surface area contributed by atoms with Gasteiger partial charge in [0.1, 0.15) is 18.2 Å². The zero-order chi connectivity index (χ0) is 15.2. The Balaban J connectivity index is 1.96. The molecule has 1 aromatic heterocycles. The lowest BCUT2D eigenvalue weighted by Crippen LogP contribution is -2.03. The minimum absolute atomic E-state index is 0.502. The minimum atomic E-state index is 0.502. The first-order chi connectivity index (χ1) is 10.1. The van der Waals surface area contributed by atoms with E-state index in [4.69, 9.17) is 16.3 Å². The highest BCUT2D eigenvalue weighted by molar-refractivity contribution is 6.32. The number of hydrogen-bond acceptors (Lipinski definition) is 3. The van der Waals surface area contributed by atoms with Crippen LogP contribution in [0.3, 0.4) is 0 Å². The Morgan fingerprint density at radius 2 is 1.90 bits per heavy atom. The SMILES string of the molecule is CCCNc1ccc(COc2cc(C)c(Cl)c(C)c2)cn1. The fourth-order valence-electron chi connectivity index (χ4n) is 2.02. The Morgan fingerprint density at radius 1 is 1.19 bits per heavy atom. The third-order valence-electron chi connectivity index (χ3n) is 3.20. The van der Waals surface area contributed by atoms with Crippen molar-refractivity contribution >= 4 is 17.4 Å². The molecule has 0 unspecified atom stereocenters. The first-order valence-electron chi connectivity index (χ1n) is 7.18. The van der Waals surface area contributed by atoms with Crippen LogP contribution >= 0.6 is 11.6 Å². The molecule has 112 valence electrons. The zero-order valence-corrected chi connectivity index (χ0v) is 13.5. The molecule has 4 heteroatoms.